The molecule has 1 atom stereocenters. The zero-order valence-electron chi connectivity index (χ0n) is 8.79. The van der Waals surface area contributed by atoms with Crippen molar-refractivity contribution in [1.29, 1.82) is 0 Å². The third-order valence-corrected chi connectivity index (χ3v) is 3.55. The predicted molar refractivity (Wildman–Crippen MR) is 69.6 cm³/mol. The zero-order chi connectivity index (χ0) is 10.2. The molecule has 0 spiro atoms. The smallest absolute Gasteiger partial charge is 0.0728 e. The van der Waals surface area contributed by atoms with Crippen LogP contribution in [0.4, 0.5) is 0 Å². The summed E-state index contributed by atoms with van der Waals surface area (Å²) in [4.78, 5) is 0. The van der Waals surface area contributed by atoms with E-state index in [0.29, 0.717) is 0 Å². The minimum absolute atomic E-state index is 0.213. The minimum Gasteiger partial charge on any atom is -0.389 e. The van der Waals surface area contributed by atoms with Crippen molar-refractivity contribution in [3.63, 3.8) is 0 Å². The Kier molecular flexibility index (Phi) is 6.86. The van der Waals surface area contributed by atoms with Gasteiger partial charge in [-0.15, -0.1) is 0 Å². The van der Waals surface area contributed by atoms with Gasteiger partial charge in [-0.1, -0.05) is 73.6 Å². The molecule has 1 N–H and O–H groups in total. The van der Waals surface area contributed by atoms with Crippen molar-refractivity contribution in [2.45, 2.75) is 57.5 Å². The van der Waals surface area contributed by atoms with Gasteiger partial charge in [0.2, 0.25) is 0 Å². The van der Waals surface area contributed by atoms with Crippen LogP contribution in [0.25, 0.3) is 0 Å². The fourth-order valence-electron chi connectivity index (χ4n) is 2.27. The lowest BCUT2D eigenvalue weighted by molar-refractivity contribution is 0.202. The predicted octanol–water partition coefficient (Wildman–Crippen LogP) is 4.05. The van der Waals surface area contributed by atoms with Crippen LogP contribution in [0.3, 0.4) is 0 Å². The van der Waals surface area contributed by atoms with Crippen LogP contribution < -0.4 is 0 Å². The van der Waals surface area contributed by atoms with Gasteiger partial charge in [0.25, 0.3) is 0 Å². The molecule has 1 nitrogen and oxygen atoms in total. The third kappa shape index (κ3) is 5.35. The van der Waals surface area contributed by atoms with Crippen LogP contribution in [0.5, 0.6) is 0 Å². The molecule has 0 aliphatic heterocycles. The van der Waals surface area contributed by atoms with E-state index in [1.165, 1.54) is 44.9 Å². The molecule has 0 aromatic heterocycles. The molecule has 0 aromatic rings. The third-order valence-electron chi connectivity index (χ3n) is 3.13. The van der Waals surface area contributed by atoms with Crippen molar-refractivity contribution >= 4 is 22.6 Å². The molecule has 1 aliphatic carbocycles. The molecule has 0 saturated heterocycles. The molecular formula is C12H21IO. The molecular weight excluding hydrogens is 287 g/mol. The van der Waals surface area contributed by atoms with Crippen molar-refractivity contribution < 1.29 is 5.11 Å². The van der Waals surface area contributed by atoms with Crippen LogP contribution in [0.15, 0.2) is 10.2 Å². The van der Waals surface area contributed by atoms with Crippen molar-refractivity contribution in [2.75, 3.05) is 0 Å². The number of hydrogen-bond acceptors (Lipinski definition) is 1. The molecule has 1 saturated carbocycles. The summed E-state index contributed by atoms with van der Waals surface area (Å²) in [7, 11) is 0. The molecule has 0 heterocycles. The molecule has 0 radical (unpaired) electrons. The minimum atomic E-state index is -0.213. The Morgan fingerprint density at radius 2 is 2.00 bits per heavy atom. The summed E-state index contributed by atoms with van der Waals surface area (Å²) in [6.07, 6.45) is 12.3. The van der Waals surface area contributed by atoms with Crippen LogP contribution >= 0.6 is 22.6 Å². The second kappa shape index (κ2) is 7.69. The number of halogens is 1. The van der Waals surface area contributed by atoms with Gasteiger partial charge in [-0.25, -0.2) is 0 Å². The van der Waals surface area contributed by atoms with E-state index in [0.717, 1.165) is 12.3 Å². The van der Waals surface area contributed by atoms with Crippen molar-refractivity contribution in [3.05, 3.63) is 10.2 Å². The summed E-state index contributed by atoms with van der Waals surface area (Å²) >= 11 is 2.16. The van der Waals surface area contributed by atoms with Gasteiger partial charge in [-0.05, 0) is 16.4 Å². The summed E-state index contributed by atoms with van der Waals surface area (Å²) in [6.45, 7) is 0. The fraction of sp³-hybridized carbons (Fsp3) is 0.833. The molecule has 1 rings (SSSR count). The van der Waals surface area contributed by atoms with Gasteiger partial charge in [-0.3, -0.25) is 0 Å². The zero-order valence-corrected chi connectivity index (χ0v) is 10.9. The van der Waals surface area contributed by atoms with Gasteiger partial charge in [0.1, 0.15) is 0 Å². The molecule has 2 heteroatoms. The highest BCUT2D eigenvalue weighted by Gasteiger charge is 2.13. The quantitative estimate of drug-likeness (QED) is 0.760. The maximum absolute atomic E-state index is 9.49. The van der Waals surface area contributed by atoms with Crippen LogP contribution in [-0.4, -0.2) is 11.2 Å². The highest BCUT2D eigenvalue weighted by atomic mass is 127. The van der Waals surface area contributed by atoms with Gasteiger partial charge in [-0.2, -0.15) is 0 Å². The number of rotatable bonds is 5. The standard InChI is InChI=1S/C12H21IO/c13-10-9-12(14)8-4-7-11-5-2-1-3-6-11/h9-12,14H,1-8H2. The van der Waals surface area contributed by atoms with E-state index >= 15 is 0 Å². The second-order valence-electron chi connectivity index (χ2n) is 4.32. The molecule has 0 bridgehead atoms. The molecule has 0 amide bonds. The Morgan fingerprint density at radius 3 is 2.64 bits per heavy atom. The fourth-order valence-corrected chi connectivity index (χ4v) is 2.75. The highest BCUT2D eigenvalue weighted by molar-refractivity contribution is 14.1. The molecule has 14 heavy (non-hydrogen) atoms. The van der Waals surface area contributed by atoms with Crippen LogP contribution in [0.1, 0.15) is 51.4 Å². The Bertz CT molecular complexity index is 162. The first-order valence-corrected chi connectivity index (χ1v) is 7.02. The Morgan fingerprint density at radius 1 is 1.29 bits per heavy atom. The van der Waals surface area contributed by atoms with Crippen molar-refractivity contribution in [2.24, 2.45) is 5.92 Å². The Balaban J connectivity index is 2.02. The van der Waals surface area contributed by atoms with E-state index in [-0.39, 0.29) is 6.10 Å². The number of aliphatic hydroxyl groups excluding tert-OH is 1. The molecule has 1 unspecified atom stereocenters. The molecule has 1 fully saturated rings. The van der Waals surface area contributed by atoms with Crippen molar-refractivity contribution in [1.82, 2.24) is 0 Å². The maximum atomic E-state index is 9.49. The van der Waals surface area contributed by atoms with Gasteiger partial charge in [0.05, 0.1) is 6.10 Å². The summed E-state index contributed by atoms with van der Waals surface area (Å²) < 4.78 is 1.91. The lowest BCUT2D eigenvalue weighted by Crippen LogP contribution is -2.08. The molecule has 82 valence electrons. The largest absolute Gasteiger partial charge is 0.389 e. The van der Waals surface area contributed by atoms with E-state index in [2.05, 4.69) is 22.6 Å². The molecule has 0 aromatic carbocycles. The lowest BCUT2D eigenvalue weighted by atomic mass is 9.85. The SMILES string of the molecule is OC(C=CI)CCCC1CCCCC1. The number of hydrogen-bond donors (Lipinski definition) is 1. The Labute approximate surface area is 101 Å². The van der Waals surface area contributed by atoms with Crippen LogP contribution in [0.2, 0.25) is 0 Å². The highest BCUT2D eigenvalue weighted by Crippen LogP contribution is 2.27. The first-order chi connectivity index (χ1) is 6.83. The van der Waals surface area contributed by atoms with Gasteiger partial charge in [0.15, 0.2) is 0 Å². The average molecular weight is 308 g/mol. The summed E-state index contributed by atoms with van der Waals surface area (Å²) in [5.74, 6) is 0.958. The van der Waals surface area contributed by atoms with E-state index in [1.807, 2.05) is 10.2 Å². The summed E-state index contributed by atoms with van der Waals surface area (Å²) in [5, 5.41) is 9.49. The Hall–Kier alpha value is 0.430. The van der Waals surface area contributed by atoms with E-state index in [9.17, 15) is 5.11 Å². The first-order valence-electron chi connectivity index (χ1n) is 5.78. The number of aliphatic hydroxyl groups is 1. The molecule has 1 aliphatic rings. The normalized spacial score (nSPS) is 21.6. The van der Waals surface area contributed by atoms with Crippen molar-refractivity contribution in [3.8, 4) is 0 Å². The van der Waals surface area contributed by atoms with Gasteiger partial charge < -0.3 is 5.11 Å². The monoisotopic (exact) mass is 308 g/mol. The second-order valence-corrected chi connectivity index (χ2v) is 5.04. The first kappa shape index (κ1) is 12.5. The lowest BCUT2D eigenvalue weighted by Gasteiger charge is -2.21. The summed E-state index contributed by atoms with van der Waals surface area (Å²) in [6, 6.07) is 0. The van der Waals surface area contributed by atoms with E-state index < -0.39 is 0 Å². The topological polar surface area (TPSA) is 20.2 Å². The average Bonchev–Trinajstić information content (AvgIpc) is 2.20. The van der Waals surface area contributed by atoms with Gasteiger partial charge >= 0.3 is 0 Å². The summed E-state index contributed by atoms with van der Waals surface area (Å²) in [5.41, 5.74) is 0. The van der Waals surface area contributed by atoms with E-state index in [4.69, 9.17) is 0 Å². The van der Waals surface area contributed by atoms with Crippen LogP contribution in [-0.2, 0) is 0 Å². The van der Waals surface area contributed by atoms with Crippen LogP contribution in [0, 0.1) is 5.92 Å². The maximum Gasteiger partial charge on any atom is 0.0728 e. The van der Waals surface area contributed by atoms with Gasteiger partial charge in [0, 0.05) is 0 Å². The van der Waals surface area contributed by atoms with E-state index in [1.54, 1.807) is 0 Å².